The number of nitrogens with zero attached hydrogens (tertiary/aromatic N) is 1. The Kier molecular flexibility index (Phi) is 5.72. The molecule has 0 saturated heterocycles. The van der Waals surface area contributed by atoms with Crippen molar-refractivity contribution in [3.05, 3.63) is 29.8 Å². The van der Waals surface area contributed by atoms with E-state index in [1.807, 2.05) is 6.92 Å². The Morgan fingerprint density at radius 3 is 2.37 bits per heavy atom. The third kappa shape index (κ3) is 4.24. The van der Waals surface area contributed by atoms with Crippen molar-refractivity contribution < 1.29 is 18.0 Å². The third-order valence-corrected chi connectivity index (χ3v) is 7.98. The van der Waals surface area contributed by atoms with Crippen molar-refractivity contribution in [1.82, 2.24) is 9.62 Å². The highest BCUT2D eigenvalue weighted by Gasteiger charge is 2.42. The van der Waals surface area contributed by atoms with Gasteiger partial charge in [-0.05, 0) is 63.0 Å². The minimum Gasteiger partial charge on any atom is -0.352 e. The molecule has 4 unspecified atom stereocenters. The monoisotopic (exact) mass is 392 g/mol. The molecule has 6 nitrogen and oxygen atoms in total. The summed E-state index contributed by atoms with van der Waals surface area (Å²) in [7, 11) is -2.38. The van der Waals surface area contributed by atoms with Gasteiger partial charge in [0.15, 0.2) is 5.78 Å². The number of sulfonamides is 1. The molecule has 2 aliphatic carbocycles. The maximum Gasteiger partial charge on any atom is 0.243 e. The van der Waals surface area contributed by atoms with Gasteiger partial charge in [0.1, 0.15) is 0 Å². The topological polar surface area (TPSA) is 83.6 Å². The van der Waals surface area contributed by atoms with Crippen molar-refractivity contribution in [2.75, 3.05) is 13.6 Å². The van der Waals surface area contributed by atoms with Gasteiger partial charge < -0.3 is 5.32 Å². The lowest BCUT2D eigenvalue weighted by Crippen LogP contribution is -2.45. The van der Waals surface area contributed by atoms with Gasteiger partial charge in [0.05, 0.1) is 11.4 Å². The second-order valence-electron chi connectivity index (χ2n) is 8.04. The molecular formula is C20H28N2O4S. The van der Waals surface area contributed by atoms with Crippen LogP contribution in [-0.2, 0) is 14.8 Å². The molecule has 4 atom stereocenters. The van der Waals surface area contributed by atoms with Gasteiger partial charge in [0.2, 0.25) is 15.9 Å². The Bertz CT molecular complexity index is 819. The average Bonchev–Trinajstić information content (AvgIpc) is 3.24. The summed E-state index contributed by atoms with van der Waals surface area (Å²) in [6.45, 7) is 3.23. The molecule has 1 aromatic carbocycles. The van der Waals surface area contributed by atoms with Crippen molar-refractivity contribution in [1.29, 1.82) is 0 Å². The van der Waals surface area contributed by atoms with E-state index in [0.717, 1.165) is 10.2 Å². The van der Waals surface area contributed by atoms with Crippen molar-refractivity contribution in [2.24, 2.45) is 17.8 Å². The zero-order valence-electron chi connectivity index (χ0n) is 16.1. The Balaban J connectivity index is 1.58. The summed E-state index contributed by atoms with van der Waals surface area (Å²) in [5.74, 6) is 1.61. The largest absolute Gasteiger partial charge is 0.352 e. The van der Waals surface area contributed by atoms with Gasteiger partial charge >= 0.3 is 0 Å². The molecule has 1 amide bonds. The van der Waals surface area contributed by atoms with Gasteiger partial charge in [0, 0.05) is 18.7 Å². The van der Waals surface area contributed by atoms with E-state index >= 15 is 0 Å². The summed E-state index contributed by atoms with van der Waals surface area (Å²) in [6, 6.07) is 5.84. The molecule has 0 aliphatic heterocycles. The molecule has 0 heterocycles. The first-order chi connectivity index (χ1) is 12.7. The average molecular weight is 393 g/mol. The fraction of sp³-hybridized carbons (Fsp3) is 0.600. The Hall–Kier alpha value is -1.73. The number of rotatable bonds is 7. The van der Waals surface area contributed by atoms with E-state index in [1.165, 1.54) is 63.9 Å². The SMILES string of the molecule is CC(=O)c1ccc(S(=O)(=O)N(C)CC(=O)NC(C)C2CC3CCC2C3)cc1. The molecule has 1 N–H and O–H groups in total. The molecule has 2 saturated carbocycles. The standard InChI is InChI=1S/C20H28N2O4S/c1-13(19-11-15-4-5-17(19)10-15)21-20(24)12-22(3)27(25,26)18-8-6-16(7-9-18)14(2)23/h6-9,13,15,17,19H,4-5,10-12H2,1-3H3,(H,21,24). The first-order valence-electron chi connectivity index (χ1n) is 9.55. The van der Waals surface area contributed by atoms with Crippen LogP contribution in [0, 0.1) is 17.8 Å². The van der Waals surface area contributed by atoms with Crippen molar-refractivity contribution in [3.63, 3.8) is 0 Å². The van der Waals surface area contributed by atoms with E-state index in [0.29, 0.717) is 17.4 Å². The number of ketones is 1. The highest BCUT2D eigenvalue weighted by Crippen LogP contribution is 2.49. The Labute approximate surface area is 161 Å². The van der Waals surface area contributed by atoms with E-state index in [-0.39, 0.29) is 29.2 Å². The summed E-state index contributed by atoms with van der Waals surface area (Å²) >= 11 is 0. The quantitative estimate of drug-likeness (QED) is 0.723. The predicted octanol–water partition coefficient (Wildman–Crippen LogP) is 2.45. The number of hydrogen-bond donors (Lipinski definition) is 1. The number of likely N-dealkylation sites (N-methyl/N-ethyl adjacent to an activating group) is 1. The van der Waals surface area contributed by atoms with Gasteiger partial charge in [-0.3, -0.25) is 9.59 Å². The van der Waals surface area contributed by atoms with Gasteiger partial charge in [-0.2, -0.15) is 4.31 Å². The van der Waals surface area contributed by atoms with Crippen molar-refractivity contribution >= 4 is 21.7 Å². The van der Waals surface area contributed by atoms with Gasteiger partial charge in [0.25, 0.3) is 0 Å². The van der Waals surface area contributed by atoms with Crippen LogP contribution >= 0.6 is 0 Å². The molecule has 148 valence electrons. The van der Waals surface area contributed by atoms with Crippen LogP contribution in [0.1, 0.15) is 49.9 Å². The first-order valence-corrected chi connectivity index (χ1v) is 11.0. The number of nitrogens with one attached hydrogen (secondary N) is 1. The van der Waals surface area contributed by atoms with Crippen LogP contribution in [0.2, 0.25) is 0 Å². The maximum atomic E-state index is 12.7. The van der Waals surface area contributed by atoms with Gasteiger partial charge in [-0.15, -0.1) is 0 Å². The lowest BCUT2D eigenvalue weighted by atomic mass is 9.84. The van der Waals surface area contributed by atoms with Crippen LogP contribution in [-0.4, -0.2) is 44.0 Å². The number of Topliss-reactive ketones (excluding diaryl/α,β-unsaturated/α-hetero) is 1. The van der Waals surface area contributed by atoms with Crippen molar-refractivity contribution in [2.45, 2.75) is 50.5 Å². The number of benzene rings is 1. The van der Waals surface area contributed by atoms with Crippen LogP contribution in [0.5, 0.6) is 0 Å². The molecule has 2 bridgehead atoms. The summed E-state index contributed by atoms with van der Waals surface area (Å²) in [5, 5.41) is 3.00. The normalized spacial score (nSPS) is 25.6. The highest BCUT2D eigenvalue weighted by molar-refractivity contribution is 7.89. The molecule has 27 heavy (non-hydrogen) atoms. The van der Waals surface area contributed by atoms with Crippen LogP contribution in [0.3, 0.4) is 0 Å². The minimum absolute atomic E-state index is 0.0683. The number of fused-ring (bicyclic) bond motifs is 2. The van der Waals surface area contributed by atoms with E-state index in [2.05, 4.69) is 5.32 Å². The summed E-state index contributed by atoms with van der Waals surface area (Å²) in [6.07, 6.45) is 5.00. The van der Waals surface area contributed by atoms with Crippen LogP contribution in [0.15, 0.2) is 29.2 Å². The maximum absolute atomic E-state index is 12.7. The smallest absolute Gasteiger partial charge is 0.243 e. The number of carbonyl (C=O) groups excluding carboxylic acids is 2. The Morgan fingerprint density at radius 2 is 1.85 bits per heavy atom. The van der Waals surface area contributed by atoms with E-state index in [9.17, 15) is 18.0 Å². The second-order valence-corrected chi connectivity index (χ2v) is 10.1. The fourth-order valence-electron chi connectivity index (χ4n) is 4.64. The zero-order valence-corrected chi connectivity index (χ0v) is 17.0. The molecule has 7 heteroatoms. The highest BCUT2D eigenvalue weighted by atomic mass is 32.2. The molecular weight excluding hydrogens is 364 g/mol. The van der Waals surface area contributed by atoms with E-state index < -0.39 is 10.0 Å². The van der Waals surface area contributed by atoms with Crippen LogP contribution in [0.4, 0.5) is 0 Å². The zero-order chi connectivity index (χ0) is 19.8. The lowest BCUT2D eigenvalue weighted by molar-refractivity contribution is -0.122. The van der Waals surface area contributed by atoms with Crippen LogP contribution in [0.25, 0.3) is 0 Å². The molecule has 2 fully saturated rings. The molecule has 3 rings (SSSR count). The predicted molar refractivity (Wildman–Crippen MR) is 103 cm³/mol. The molecule has 2 aliphatic rings. The minimum atomic E-state index is -3.78. The summed E-state index contributed by atoms with van der Waals surface area (Å²) in [4.78, 5) is 23.8. The molecule has 0 aromatic heterocycles. The van der Waals surface area contributed by atoms with E-state index in [1.54, 1.807) is 0 Å². The fourth-order valence-corrected chi connectivity index (χ4v) is 5.77. The number of hydrogen-bond acceptors (Lipinski definition) is 4. The lowest BCUT2D eigenvalue weighted by Gasteiger charge is -2.29. The number of carbonyl (C=O) groups is 2. The number of amides is 1. The van der Waals surface area contributed by atoms with E-state index in [4.69, 9.17) is 0 Å². The van der Waals surface area contributed by atoms with Gasteiger partial charge in [-0.25, -0.2) is 8.42 Å². The molecule has 1 aromatic rings. The van der Waals surface area contributed by atoms with Crippen LogP contribution < -0.4 is 5.32 Å². The Morgan fingerprint density at radius 1 is 1.19 bits per heavy atom. The van der Waals surface area contributed by atoms with Gasteiger partial charge in [-0.1, -0.05) is 18.6 Å². The molecule has 0 spiro atoms. The van der Waals surface area contributed by atoms with Crippen molar-refractivity contribution in [3.8, 4) is 0 Å². The first kappa shape index (κ1) is 20.0. The molecule has 0 radical (unpaired) electrons. The summed E-state index contributed by atoms with van der Waals surface area (Å²) < 4.78 is 26.4. The second kappa shape index (κ2) is 7.72. The summed E-state index contributed by atoms with van der Waals surface area (Å²) in [5.41, 5.74) is 0.453. The third-order valence-electron chi connectivity index (χ3n) is 6.16.